The summed E-state index contributed by atoms with van der Waals surface area (Å²) in [6.45, 7) is 6.65. The van der Waals surface area contributed by atoms with Crippen LogP contribution in [0.4, 0.5) is 5.69 Å². The van der Waals surface area contributed by atoms with Crippen molar-refractivity contribution in [2.45, 2.75) is 51.2 Å². The van der Waals surface area contributed by atoms with Gasteiger partial charge in [0.15, 0.2) is 0 Å². The molecule has 0 saturated carbocycles. The third kappa shape index (κ3) is 5.26. The van der Waals surface area contributed by atoms with E-state index in [1.54, 1.807) is 25.1 Å². The Labute approximate surface area is 184 Å². The first kappa shape index (κ1) is 22.8. The summed E-state index contributed by atoms with van der Waals surface area (Å²) in [5.74, 6) is 0.298. The number of rotatable bonds is 6. The maximum atomic E-state index is 13.2. The van der Waals surface area contributed by atoms with Crippen LogP contribution in [0.25, 0.3) is 0 Å². The summed E-state index contributed by atoms with van der Waals surface area (Å²) in [5, 5.41) is 8.45. The molecule has 0 spiro atoms. The van der Waals surface area contributed by atoms with E-state index in [9.17, 15) is 13.2 Å². The third-order valence-corrected chi connectivity index (χ3v) is 8.04. The molecule has 0 unspecified atom stereocenters. The van der Waals surface area contributed by atoms with Crippen LogP contribution in [0.15, 0.2) is 42.5 Å². The number of carbonyl (C=O) groups excluding carboxylic acids is 1. The van der Waals surface area contributed by atoms with Crippen molar-refractivity contribution in [3.63, 3.8) is 0 Å². The summed E-state index contributed by atoms with van der Waals surface area (Å²) in [4.78, 5) is 15.0. The van der Waals surface area contributed by atoms with Gasteiger partial charge >= 0.3 is 0 Å². The van der Waals surface area contributed by atoms with E-state index in [0.717, 1.165) is 18.4 Å². The highest BCUT2D eigenvalue weighted by atomic mass is 32.2. The van der Waals surface area contributed by atoms with Crippen molar-refractivity contribution in [2.75, 3.05) is 17.8 Å². The Hall–Kier alpha value is -2.85. The number of hydrogen-bond acceptors (Lipinski definition) is 4. The molecule has 31 heavy (non-hydrogen) atoms. The van der Waals surface area contributed by atoms with Crippen LogP contribution in [-0.4, -0.2) is 37.6 Å². The molecule has 1 fully saturated rings. The van der Waals surface area contributed by atoms with E-state index in [2.05, 4.69) is 10.8 Å². The molecule has 1 aliphatic rings. The number of piperidine rings is 1. The molecule has 7 heteroatoms. The van der Waals surface area contributed by atoms with Crippen LogP contribution in [0, 0.1) is 18.3 Å². The van der Waals surface area contributed by atoms with Gasteiger partial charge in [-0.15, -0.1) is 0 Å². The molecular formula is C24H29N3O3S. The number of likely N-dealkylation sites (tertiary alicyclic amines) is 1. The van der Waals surface area contributed by atoms with E-state index in [4.69, 9.17) is 5.26 Å². The standard InChI is InChI=1S/C24H29N3O3S/c1-4-18(3)31(29,30)26-22-10-5-17(2)23(15-22)24(28)27-13-11-21(12-14-27)20-8-6-19(16-25)7-9-20/h5-10,15,18,21,26H,4,11-14H2,1-3H3/t18-/m0/s1. The lowest BCUT2D eigenvalue weighted by Gasteiger charge is -2.32. The maximum absolute atomic E-state index is 13.2. The van der Waals surface area contributed by atoms with Crippen molar-refractivity contribution in [2.24, 2.45) is 0 Å². The van der Waals surface area contributed by atoms with Crippen LogP contribution in [0.2, 0.25) is 0 Å². The average molecular weight is 440 g/mol. The molecule has 1 saturated heterocycles. The normalized spacial score (nSPS) is 15.9. The highest BCUT2D eigenvalue weighted by molar-refractivity contribution is 7.93. The van der Waals surface area contributed by atoms with E-state index < -0.39 is 15.3 Å². The van der Waals surface area contributed by atoms with Gasteiger partial charge in [-0.3, -0.25) is 9.52 Å². The zero-order valence-electron chi connectivity index (χ0n) is 18.3. The van der Waals surface area contributed by atoms with E-state index in [1.165, 1.54) is 5.56 Å². The molecule has 1 N–H and O–H groups in total. The molecule has 6 nitrogen and oxygen atoms in total. The summed E-state index contributed by atoms with van der Waals surface area (Å²) >= 11 is 0. The zero-order valence-corrected chi connectivity index (χ0v) is 19.1. The quantitative estimate of drug-likeness (QED) is 0.721. The molecule has 1 heterocycles. The number of amides is 1. The fourth-order valence-corrected chi connectivity index (χ4v) is 4.91. The van der Waals surface area contributed by atoms with Crippen molar-refractivity contribution in [3.05, 3.63) is 64.7 Å². The Morgan fingerprint density at radius 3 is 2.42 bits per heavy atom. The van der Waals surface area contributed by atoms with Crippen LogP contribution in [0.5, 0.6) is 0 Å². The Kier molecular flexibility index (Phi) is 7.01. The molecule has 0 aliphatic carbocycles. The van der Waals surface area contributed by atoms with Crippen LogP contribution in [-0.2, 0) is 10.0 Å². The number of nitrogens with one attached hydrogen (secondary N) is 1. The van der Waals surface area contributed by atoms with Crippen molar-refractivity contribution < 1.29 is 13.2 Å². The Bertz CT molecular complexity index is 1080. The predicted octanol–water partition coefficient (Wildman–Crippen LogP) is 4.43. The lowest BCUT2D eigenvalue weighted by atomic mass is 9.88. The molecule has 3 rings (SSSR count). The summed E-state index contributed by atoms with van der Waals surface area (Å²) in [6, 6.07) is 14.9. The fourth-order valence-electron chi connectivity index (χ4n) is 3.82. The van der Waals surface area contributed by atoms with Crippen molar-refractivity contribution >= 4 is 21.6 Å². The lowest BCUT2D eigenvalue weighted by Crippen LogP contribution is -2.38. The SMILES string of the molecule is CC[C@H](C)S(=O)(=O)Nc1ccc(C)c(C(=O)N2CCC(c3ccc(C#N)cc3)CC2)c1. The van der Waals surface area contributed by atoms with Gasteiger partial charge in [0.2, 0.25) is 10.0 Å². The molecular weight excluding hydrogens is 410 g/mol. The van der Waals surface area contributed by atoms with Gasteiger partial charge in [0.1, 0.15) is 0 Å². The van der Waals surface area contributed by atoms with E-state index in [1.807, 2.05) is 43.0 Å². The first-order valence-electron chi connectivity index (χ1n) is 10.7. The van der Waals surface area contributed by atoms with Crippen molar-refractivity contribution in [1.29, 1.82) is 5.26 Å². The number of aryl methyl sites for hydroxylation is 1. The summed E-state index contributed by atoms with van der Waals surface area (Å²) < 4.78 is 27.4. The van der Waals surface area contributed by atoms with Crippen LogP contribution in [0.3, 0.4) is 0 Å². The first-order chi connectivity index (χ1) is 14.7. The minimum absolute atomic E-state index is 0.0691. The van der Waals surface area contributed by atoms with Gasteiger partial charge in [-0.25, -0.2) is 8.42 Å². The number of nitrogens with zero attached hydrogens (tertiary/aromatic N) is 2. The van der Waals surface area contributed by atoms with Gasteiger partial charge in [0, 0.05) is 24.3 Å². The van der Waals surface area contributed by atoms with Gasteiger partial charge in [0.05, 0.1) is 16.9 Å². The van der Waals surface area contributed by atoms with Crippen LogP contribution in [0.1, 0.15) is 66.1 Å². The van der Waals surface area contributed by atoms with Crippen LogP contribution < -0.4 is 4.72 Å². The van der Waals surface area contributed by atoms with Gasteiger partial charge in [0.25, 0.3) is 5.91 Å². The monoisotopic (exact) mass is 439 g/mol. The Balaban J connectivity index is 1.69. The second kappa shape index (κ2) is 9.52. The molecule has 1 aliphatic heterocycles. The molecule has 2 aromatic carbocycles. The van der Waals surface area contributed by atoms with Gasteiger partial charge < -0.3 is 4.90 Å². The average Bonchev–Trinajstić information content (AvgIpc) is 2.79. The van der Waals surface area contributed by atoms with Crippen LogP contribution >= 0.6 is 0 Å². The first-order valence-corrected chi connectivity index (χ1v) is 12.2. The number of sulfonamides is 1. The fraction of sp³-hybridized carbons (Fsp3) is 0.417. The number of hydrogen-bond donors (Lipinski definition) is 1. The predicted molar refractivity (Wildman–Crippen MR) is 123 cm³/mol. The molecule has 1 amide bonds. The molecule has 0 bridgehead atoms. The summed E-state index contributed by atoms with van der Waals surface area (Å²) in [6.07, 6.45) is 2.23. The third-order valence-electron chi connectivity index (χ3n) is 6.13. The molecule has 164 valence electrons. The molecule has 0 radical (unpaired) electrons. The lowest BCUT2D eigenvalue weighted by molar-refractivity contribution is 0.0712. The Morgan fingerprint density at radius 1 is 1.19 bits per heavy atom. The number of anilines is 1. The van der Waals surface area contributed by atoms with E-state index in [-0.39, 0.29) is 5.91 Å². The smallest absolute Gasteiger partial charge is 0.254 e. The minimum atomic E-state index is -3.48. The van der Waals surface area contributed by atoms with Gasteiger partial charge in [-0.05, 0) is 74.4 Å². The molecule has 0 aromatic heterocycles. The zero-order chi connectivity index (χ0) is 22.6. The topological polar surface area (TPSA) is 90.3 Å². The number of carbonyl (C=O) groups is 1. The number of benzene rings is 2. The second-order valence-electron chi connectivity index (χ2n) is 8.20. The highest BCUT2D eigenvalue weighted by Crippen LogP contribution is 2.29. The highest BCUT2D eigenvalue weighted by Gasteiger charge is 2.26. The number of nitriles is 1. The van der Waals surface area contributed by atoms with Crippen molar-refractivity contribution in [1.82, 2.24) is 4.90 Å². The maximum Gasteiger partial charge on any atom is 0.254 e. The largest absolute Gasteiger partial charge is 0.339 e. The summed E-state index contributed by atoms with van der Waals surface area (Å²) in [5.41, 5.74) is 3.62. The molecule has 1 atom stereocenters. The van der Waals surface area contributed by atoms with E-state index in [0.29, 0.717) is 42.2 Å². The Morgan fingerprint density at radius 2 is 1.84 bits per heavy atom. The second-order valence-corrected chi connectivity index (χ2v) is 10.3. The van der Waals surface area contributed by atoms with Gasteiger partial charge in [-0.1, -0.05) is 25.1 Å². The van der Waals surface area contributed by atoms with Crippen molar-refractivity contribution in [3.8, 4) is 6.07 Å². The van der Waals surface area contributed by atoms with Gasteiger partial charge in [-0.2, -0.15) is 5.26 Å². The van der Waals surface area contributed by atoms with E-state index >= 15 is 0 Å². The minimum Gasteiger partial charge on any atom is -0.339 e. The summed E-state index contributed by atoms with van der Waals surface area (Å²) in [7, 11) is -3.48. The molecule has 2 aromatic rings.